The summed E-state index contributed by atoms with van der Waals surface area (Å²) in [4.78, 5) is 0. The molecule has 0 bridgehead atoms. The van der Waals surface area contributed by atoms with Gasteiger partial charge in [-0.15, -0.1) is 0 Å². The van der Waals surface area contributed by atoms with Crippen molar-refractivity contribution in [3.8, 4) is 5.75 Å². The van der Waals surface area contributed by atoms with Gasteiger partial charge in [-0.3, -0.25) is 0 Å². The predicted octanol–water partition coefficient (Wildman–Crippen LogP) is 5.02. The number of aryl methyl sites for hydroxylation is 1. The third kappa shape index (κ3) is 5.40. The maximum absolute atomic E-state index is 5.95. The summed E-state index contributed by atoms with van der Waals surface area (Å²) in [5, 5.41) is 0. The average molecular weight is 311 g/mol. The number of ether oxygens (including phenoxy) is 1. The van der Waals surface area contributed by atoms with Crippen LogP contribution in [-0.4, -0.2) is 13.2 Å². The topological polar surface area (TPSA) is 35.2 Å². The first-order valence-electron chi connectivity index (χ1n) is 8.59. The molecule has 0 aromatic heterocycles. The first kappa shape index (κ1) is 17.6. The normalized spacial score (nSPS) is 12.4. The number of hydrogen-bond acceptors (Lipinski definition) is 2. The highest BCUT2D eigenvalue weighted by atomic mass is 16.5. The lowest BCUT2D eigenvalue weighted by Crippen LogP contribution is -2.13. The van der Waals surface area contributed by atoms with E-state index >= 15 is 0 Å². The molecule has 0 spiro atoms. The first-order chi connectivity index (χ1) is 11.1. The van der Waals surface area contributed by atoms with Crippen molar-refractivity contribution in [2.45, 2.75) is 45.4 Å². The Labute approximate surface area is 140 Å². The van der Waals surface area contributed by atoms with Gasteiger partial charge >= 0.3 is 0 Å². The van der Waals surface area contributed by atoms with Crippen LogP contribution < -0.4 is 10.5 Å². The summed E-state index contributed by atoms with van der Waals surface area (Å²) in [6, 6.07) is 17.1. The Hall–Kier alpha value is -1.80. The monoisotopic (exact) mass is 311 g/mol. The molecule has 0 fully saturated rings. The van der Waals surface area contributed by atoms with Gasteiger partial charge in [0.1, 0.15) is 5.75 Å². The smallest absolute Gasteiger partial charge is 0.119 e. The fourth-order valence-corrected chi connectivity index (χ4v) is 2.74. The second-order valence-corrected chi connectivity index (χ2v) is 6.56. The first-order valence-corrected chi connectivity index (χ1v) is 8.59. The van der Waals surface area contributed by atoms with Crippen LogP contribution in [0.5, 0.6) is 5.75 Å². The van der Waals surface area contributed by atoms with Crippen LogP contribution in [-0.2, 0) is 0 Å². The molecule has 0 radical (unpaired) electrons. The van der Waals surface area contributed by atoms with Gasteiger partial charge in [0.25, 0.3) is 0 Å². The van der Waals surface area contributed by atoms with Gasteiger partial charge in [0, 0.05) is 0 Å². The lowest BCUT2D eigenvalue weighted by molar-refractivity contribution is 0.301. The highest BCUT2D eigenvalue weighted by molar-refractivity contribution is 5.30. The van der Waals surface area contributed by atoms with Crippen molar-refractivity contribution >= 4 is 0 Å². The van der Waals surface area contributed by atoms with Crippen molar-refractivity contribution in [3.05, 3.63) is 65.2 Å². The Morgan fingerprint density at radius 3 is 2.39 bits per heavy atom. The van der Waals surface area contributed by atoms with Crippen LogP contribution in [0.2, 0.25) is 0 Å². The van der Waals surface area contributed by atoms with Crippen molar-refractivity contribution < 1.29 is 4.74 Å². The van der Waals surface area contributed by atoms with Crippen LogP contribution in [0.4, 0.5) is 0 Å². The predicted molar refractivity (Wildman–Crippen MR) is 98.2 cm³/mol. The van der Waals surface area contributed by atoms with Crippen LogP contribution in [0, 0.1) is 6.92 Å². The van der Waals surface area contributed by atoms with Gasteiger partial charge in [0.15, 0.2) is 0 Å². The van der Waals surface area contributed by atoms with Gasteiger partial charge in [0.05, 0.1) is 6.61 Å². The quantitative estimate of drug-likeness (QED) is 0.695. The van der Waals surface area contributed by atoms with E-state index in [-0.39, 0.29) is 0 Å². The Morgan fingerprint density at radius 2 is 1.74 bits per heavy atom. The van der Waals surface area contributed by atoms with Gasteiger partial charge < -0.3 is 10.5 Å². The molecule has 2 heteroatoms. The van der Waals surface area contributed by atoms with Crippen molar-refractivity contribution in [2.75, 3.05) is 13.2 Å². The summed E-state index contributed by atoms with van der Waals surface area (Å²) in [6.07, 6.45) is 2.07. The highest BCUT2D eigenvalue weighted by Crippen LogP contribution is 2.22. The standard InChI is InChI=1S/C21H29NO/c1-16(2)19-6-4-8-21(14-19)23-13-5-7-20(15-22)18-11-9-17(3)10-12-18/h4,6,8-12,14,16,20H,5,7,13,15,22H2,1-3H3. The maximum Gasteiger partial charge on any atom is 0.119 e. The van der Waals surface area contributed by atoms with Crippen LogP contribution in [0.3, 0.4) is 0 Å². The van der Waals surface area contributed by atoms with Gasteiger partial charge in [-0.2, -0.15) is 0 Å². The number of hydrogen-bond donors (Lipinski definition) is 1. The molecule has 2 rings (SSSR count). The number of benzene rings is 2. The molecule has 1 atom stereocenters. The zero-order chi connectivity index (χ0) is 16.7. The second kappa shape index (κ2) is 8.73. The molecular formula is C21H29NO. The molecule has 0 aliphatic carbocycles. The van der Waals surface area contributed by atoms with Crippen LogP contribution >= 0.6 is 0 Å². The summed E-state index contributed by atoms with van der Waals surface area (Å²) in [5.41, 5.74) is 9.89. The lowest BCUT2D eigenvalue weighted by atomic mass is 9.94. The Morgan fingerprint density at radius 1 is 1.00 bits per heavy atom. The van der Waals surface area contributed by atoms with Crippen molar-refractivity contribution in [3.63, 3.8) is 0 Å². The Bertz CT molecular complexity index is 589. The summed E-state index contributed by atoms with van der Waals surface area (Å²) < 4.78 is 5.91. The molecule has 124 valence electrons. The summed E-state index contributed by atoms with van der Waals surface area (Å²) >= 11 is 0. The number of rotatable bonds is 8. The molecule has 2 N–H and O–H groups in total. The van der Waals surface area contributed by atoms with Crippen LogP contribution in [0.1, 0.15) is 55.2 Å². The van der Waals surface area contributed by atoms with Gasteiger partial charge in [-0.1, -0.05) is 55.8 Å². The molecule has 0 aliphatic rings. The molecule has 1 unspecified atom stereocenters. The summed E-state index contributed by atoms with van der Waals surface area (Å²) in [7, 11) is 0. The summed E-state index contributed by atoms with van der Waals surface area (Å²) in [6.45, 7) is 7.94. The average Bonchev–Trinajstić information content (AvgIpc) is 2.56. The van der Waals surface area contributed by atoms with E-state index in [1.54, 1.807) is 0 Å². The van der Waals surface area contributed by atoms with E-state index in [4.69, 9.17) is 10.5 Å². The van der Waals surface area contributed by atoms with Gasteiger partial charge in [-0.25, -0.2) is 0 Å². The minimum atomic E-state index is 0.418. The fraction of sp³-hybridized carbons (Fsp3) is 0.429. The van der Waals surface area contributed by atoms with E-state index in [1.165, 1.54) is 16.7 Å². The van der Waals surface area contributed by atoms with Crippen LogP contribution in [0.25, 0.3) is 0 Å². The van der Waals surface area contributed by atoms with E-state index in [9.17, 15) is 0 Å². The van der Waals surface area contributed by atoms with Crippen molar-refractivity contribution in [1.29, 1.82) is 0 Å². The Balaban J connectivity index is 1.82. The number of nitrogens with two attached hydrogens (primary N) is 1. The van der Waals surface area contributed by atoms with Gasteiger partial charge in [0.2, 0.25) is 0 Å². The zero-order valence-electron chi connectivity index (χ0n) is 14.6. The molecule has 2 nitrogen and oxygen atoms in total. The minimum Gasteiger partial charge on any atom is -0.494 e. The minimum absolute atomic E-state index is 0.418. The molecule has 0 aliphatic heterocycles. The van der Waals surface area contributed by atoms with Crippen LogP contribution in [0.15, 0.2) is 48.5 Å². The lowest BCUT2D eigenvalue weighted by Gasteiger charge is -2.16. The highest BCUT2D eigenvalue weighted by Gasteiger charge is 2.09. The molecule has 2 aromatic rings. The third-order valence-corrected chi connectivity index (χ3v) is 4.32. The van der Waals surface area contributed by atoms with E-state index in [1.807, 2.05) is 6.07 Å². The fourth-order valence-electron chi connectivity index (χ4n) is 2.74. The van der Waals surface area contributed by atoms with E-state index in [0.29, 0.717) is 18.4 Å². The molecule has 2 aromatic carbocycles. The molecular weight excluding hydrogens is 282 g/mol. The maximum atomic E-state index is 5.95. The molecule has 23 heavy (non-hydrogen) atoms. The van der Waals surface area contributed by atoms with E-state index in [0.717, 1.165) is 25.2 Å². The largest absolute Gasteiger partial charge is 0.494 e. The molecule has 0 heterocycles. The summed E-state index contributed by atoms with van der Waals surface area (Å²) in [5.74, 6) is 1.92. The molecule has 0 amide bonds. The zero-order valence-corrected chi connectivity index (χ0v) is 14.6. The second-order valence-electron chi connectivity index (χ2n) is 6.56. The SMILES string of the molecule is Cc1ccc(C(CN)CCCOc2cccc(C(C)C)c2)cc1. The molecule has 0 saturated heterocycles. The van der Waals surface area contributed by atoms with Crippen molar-refractivity contribution in [2.24, 2.45) is 5.73 Å². The Kier molecular flexibility index (Phi) is 6.66. The third-order valence-electron chi connectivity index (χ3n) is 4.32. The van der Waals surface area contributed by atoms with Gasteiger partial charge in [-0.05, 0) is 61.4 Å². The van der Waals surface area contributed by atoms with E-state index in [2.05, 4.69) is 63.2 Å². The molecule has 0 saturated carbocycles. The van der Waals surface area contributed by atoms with E-state index < -0.39 is 0 Å². The van der Waals surface area contributed by atoms with Crippen molar-refractivity contribution in [1.82, 2.24) is 0 Å².